The lowest BCUT2D eigenvalue weighted by atomic mass is 10.1. The predicted octanol–water partition coefficient (Wildman–Crippen LogP) is 3.69. The van der Waals surface area contributed by atoms with Gasteiger partial charge >= 0.3 is 0 Å². The molecule has 2 aromatic carbocycles. The van der Waals surface area contributed by atoms with Gasteiger partial charge in [0.15, 0.2) is 0 Å². The third-order valence-corrected chi connectivity index (χ3v) is 6.35. The van der Waals surface area contributed by atoms with Gasteiger partial charge in [-0.05, 0) is 24.3 Å². The van der Waals surface area contributed by atoms with Gasteiger partial charge in [0.05, 0.1) is 35.0 Å². The van der Waals surface area contributed by atoms with E-state index < -0.39 is 0 Å². The molecule has 0 bridgehead atoms. The monoisotopic (exact) mass is 436 g/mol. The summed E-state index contributed by atoms with van der Waals surface area (Å²) in [7, 11) is 0. The first kappa shape index (κ1) is 20.1. The van der Waals surface area contributed by atoms with Crippen LogP contribution in [0.1, 0.15) is 10.4 Å². The van der Waals surface area contributed by atoms with Crippen molar-refractivity contribution in [3.8, 4) is 0 Å². The Morgan fingerprint density at radius 2 is 1.55 bits per heavy atom. The number of fused-ring (bicyclic) bond motifs is 1. The maximum absolute atomic E-state index is 13.3. The van der Waals surface area contributed by atoms with Crippen molar-refractivity contribution >= 4 is 39.9 Å². The summed E-state index contributed by atoms with van der Waals surface area (Å²) >= 11 is 6.39. The number of amides is 1. The molecular weight excluding hydrogens is 412 g/mol. The standard InChI is InChI=1S/C24H25ClN4O2/c25-20-6-2-4-8-22(20)27-9-11-28(12-10-27)23-17-19(18-5-1-3-7-21(18)26-23)24(30)29-13-15-31-16-14-29/h1-8,17H,9-16H2. The molecule has 7 heteroatoms. The van der Waals surface area contributed by atoms with Gasteiger partial charge in [0.1, 0.15) is 5.82 Å². The van der Waals surface area contributed by atoms with Crippen molar-refractivity contribution in [1.29, 1.82) is 0 Å². The number of nitrogens with zero attached hydrogens (tertiary/aromatic N) is 4. The van der Waals surface area contributed by atoms with Crippen LogP contribution in [0.4, 0.5) is 11.5 Å². The van der Waals surface area contributed by atoms with Crippen molar-refractivity contribution in [3.05, 3.63) is 65.2 Å². The molecule has 2 saturated heterocycles. The number of carbonyl (C=O) groups is 1. The lowest BCUT2D eigenvalue weighted by molar-refractivity contribution is 0.0304. The molecule has 6 nitrogen and oxygen atoms in total. The normalized spacial score (nSPS) is 17.3. The summed E-state index contributed by atoms with van der Waals surface area (Å²) in [6, 6.07) is 17.8. The second kappa shape index (κ2) is 8.73. The van der Waals surface area contributed by atoms with Gasteiger partial charge in [-0.3, -0.25) is 4.79 Å². The average Bonchev–Trinajstić information content (AvgIpc) is 2.84. The summed E-state index contributed by atoms with van der Waals surface area (Å²) < 4.78 is 5.42. The zero-order valence-corrected chi connectivity index (χ0v) is 18.1. The van der Waals surface area contributed by atoms with Gasteiger partial charge in [0.25, 0.3) is 5.91 Å². The number of benzene rings is 2. The molecule has 0 radical (unpaired) electrons. The number of aromatic nitrogens is 1. The SMILES string of the molecule is O=C(c1cc(N2CCN(c3ccccc3Cl)CC2)nc2ccccc12)N1CCOCC1. The molecule has 0 spiro atoms. The molecule has 3 aromatic rings. The van der Waals surface area contributed by atoms with E-state index in [1.807, 2.05) is 53.4 Å². The first-order valence-electron chi connectivity index (χ1n) is 10.7. The highest BCUT2D eigenvalue weighted by atomic mass is 35.5. The van der Waals surface area contributed by atoms with Gasteiger partial charge in [-0.15, -0.1) is 0 Å². The average molecular weight is 437 g/mol. The van der Waals surface area contributed by atoms with Gasteiger partial charge < -0.3 is 19.4 Å². The van der Waals surface area contributed by atoms with E-state index in [1.54, 1.807) is 0 Å². The van der Waals surface area contributed by atoms with Crippen LogP contribution >= 0.6 is 11.6 Å². The van der Waals surface area contributed by atoms with E-state index in [-0.39, 0.29) is 5.91 Å². The van der Waals surface area contributed by atoms with Crippen LogP contribution in [0.3, 0.4) is 0 Å². The van der Waals surface area contributed by atoms with Crippen LogP contribution in [0.2, 0.25) is 5.02 Å². The first-order chi connectivity index (χ1) is 15.2. The van der Waals surface area contributed by atoms with Gasteiger partial charge in [0, 0.05) is 44.7 Å². The highest BCUT2D eigenvalue weighted by Crippen LogP contribution is 2.29. The summed E-state index contributed by atoms with van der Waals surface area (Å²) in [6.45, 7) is 5.78. The molecule has 2 aliphatic rings. The summed E-state index contributed by atoms with van der Waals surface area (Å²) in [5.74, 6) is 0.909. The number of anilines is 2. The molecular formula is C24H25ClN4O2. The van der Waals surface area contributed by atoms with E-state index >= 15 is 0 Å². The van der Waals surface area contributed by atoms with Crippen LogP contribution in [-0.4, -0.2) is 68.3 Å². The van der Waals surface area contributed by atoms with E-state index in [0.717, 1.165) is 59.2 Å². The van der Waals surface area contributed by atoms with Crippen molar-refractivity contribution in [1.82, 2.24) is 9.88 Å². The molecule has 5 rings (SSSR count). The number of morpholine rings is 1. The Balaban J connectivity index is 1.41. The summed E-state index contributed by atoms with van der Waals surface area (Å²) in [4.78, 5) is 24.7. The van der Waals surface area contributed by atoms with Crippen LogP contribution in [-0.2, 0) is 4.74 Å². The third kappa shape index (κ3) is 4.05. The van der Waals surface area contributed by atoms with Crippen LogP contribution in [0.25, 0.3) is 10.9 Å². The molecule has 3 heterocycles. The maximum atomic E-state index is 13.3. The Bertz CT molecular complexity index is 1090. The van der Waals surface area contributed by atoms with Crippen molar-refractivity contribution in [2.75, 3.05) is 62.3 Å². The molecule has 0 aliphatic carbocycles. The lowest BCUT2D eigenvalue weighted by Gasteiger charge is -2.37. The fourth-order valence-electron chi connectivity index (χ4n) is 4.32. The third-order valence-electron chi connectivity index (χ3n) is 6.03. The number of carbonyl (C=O) groups excluding carboxylic acids is 1. The summed E-state index contributed by atoms with van der Waals surface area (Å²) in [6.07, 6.45) is 0. The van der Waals surface area contributed by atoms with Crippen LogP contribution in [0.15, 0.2) is 54.6 Å². The number of rotatable bonds is 3. The van der Waals surface area contributed by atoms with Crippen molar-refractivity contribution in [2.24, 2.45) is 0 Å². The van der Waals surface area contributed by atoms with Gasteiger partial charge in [-0.2, -0.15) is 0 Å². The number of hydrogen-bond donors (Lipinski definition) is 0. The Kier molecular flexibility index (Phi) is 5.66. The Labute approximate surface area is 187 Å². The van der Waals surface area contributed by atoms with E-state index in [2.05, 4.69) is 15.9 Å². The summed E-state index contributed by atoms with van der Waals surface area (Å²) in [5.41, 5.74) is 2.64. The van der Waals surface area contributed by atoms with Crippen LogP contribution in [0.5, 0.6) is 0 Å². The minimum atomic E-state index is 0.0536. The molecule has 0 saturated carbocycles. The quantitative estimate of drug-likeness (QED) is 0.626. The Hall–Kier alpha value is -2.83. The van der Waals surface area contributed by atoms with E-state index in [1.165, 1.54) is 0 Å². The highest BCUT2D eigenvalue weighted by molar-refractivity contribution is 6.33. The molecule has 1 aromatic heterocycles. The smallest absolute Gasteiger partial charge is 0.254 e. The van der Waals surface area contributed by atoms with E-state index in [9.17, 15) is 4.79 Å². The molecule has 160 valence electrons. The second-order valence-corrected chi connectivity index (χ2v) is 8.28. The van der Waals surface area contributed by atoms with Crippen LogP contribution < -0.4 is 9.80 Å². The highest BCUT2D eigenvalue weighted by Gasteiger charge is 2.24. The number of halogens is 1. The maximum Gasteiger partial charge on any atom is 0.254 e. The van der Waals surface area contributed by atoms with Gasteiger partial charge in [0.2, 0.25) is 0 Å². The zero-order valence-electron chi connectivity index (χ0n) is 17.3. The Morgan fingerprint density at radius 1 is 0.871 bits per heavy atom. The van der Waals surface area contributed by atoms with Crippen LogP contribution in [0, 0.1) is 0 Å². The lowest BCUT2D eigenvalue weighted by Crippen LogP contribution is -2.47. The number of pyridine rings is 1. The molecule has 31 heavy (non-hydrogen) atoms. The first-order valence-corrected chi connectivity index (χ1v) is 11.1. The van der Waals surface area contributed by atoms with Gasteiger partial charge in [-0.1, -0.05) is 41.9 Å². The fraction of sp³-hybridized carbons (Fsp3) is 0.333. The number of para-hydroxylation sites is 2. The number of piperazine rings is 1. The van der Waals surface area contributed by atoms with Crippen molar-refractivity contribution in [3.63, 3.8) is 0 Å². The minimum Gasteiger partial charge on any atom is -0.378 e. The largest absolute Gasteiger partial charge is 0.378 e. The molecule has 0 N–H and O–H groups in total. The minimum absolute atomic E-state index is 0.0536. The zero-order chi connectivity index (χ0) is 21.2. The molecule has 2 fully saturated rings. The number of ether oxygens (including phenoxy) is 1. The second-order valence-electron chi connectivity index (χ2n) is 7.88. The topological polar surface area (TPSA) is 48.9 Å². The van der Waals surface area contributed by atoms with Crippen molar-refractivity contribution < 1.29 is 9.53 Å². The molecule has 2 aliphatic heterocycles. The molecule has 0 atom stereocenters. The van der Waals surface area contributed by atoms with Crippen molar-refractivity contribution in [2.45, 2.75) is 0 Å². The van der Waals surface area contributed by atoms with E-state index in [4.69, 9.17) is 21.3 Å². The number of hydrogen-bond acceptors (Lipinski definition) is 5. The predicted molar refractivity (Wildman–Crippen MR) is 124 cm³/mol. The van der Waals surface area contributed by atoms with E-state index in [0.29, 0.717) is 26.3 Å². The summed E-state index contributed by atoms with van der Waals surface area (Å²) in [5, 5.41) is 1.68. The fourth-order valence-corrected chi connectivity index (χ4v) is 4.58. The molecule has 1 amide bonds. The Morgan fingerprint density at radius 3 is 2.32 bits per heavy atom. The molecule has 0 unspecified atom stereocenters. The van der Waals surface area contributed by atoms with Gasteiger partial charge in [-0.25, -0.2) is 4.98 Å².